The van der Waals surface area contributed by atoms with Gasteiger partial charge in [0.2, 0.25) is 0 Å². The van der Waals surface area contributed by atoms with Gasteiger partial charge in [0.25, 0.3) is 0 Å². The third-order valence-corrected chi connectivity index (χ3v) is 4.74. The standard InChI is InChI=1S/C14H25N3O/c1-5-17-13(18)16-12(15)14(17)8-10(4)6-7-11(14)9(2)3/h9-11H,5-8H2,1-4H3,(H2,15,16,18). The summed E-state index contributed by atoms with van der Waals surface area (Å²) < 4.78 is 0. The average molecular weight is 251 g/mol. The zero-order chi connectivity index (χ0) is 13.5. The first-order chi connectivity index (χ1) is 8.43. The minimum atomic E-state index is -0.308. The van der Waals surface area contributed by atoms with E-state index in [2.05, 4.69) is 25.8 Å². The summed E-state index contributed by atoms with van der Waals surface area (Å²) in [5.74, 6) is 2.11. The van der Waals surface area contributed by atoms with Crippen molar-refractivity contribution in [2.24, 2.45) is 28.5 Å². The van der Waals surface area contributed by atoms with Crippen molar-refractivity contribution in [3.63, 3.8) is 0 Å². The summed E-state index contributed by atoms with van der Waals surface area (Å²) in [7, 11) is 0. The number of hydrogen-bond acceptors (Lipinski definition) is 2. The molecule has 2 aliphatic rings. The van der Waals surface area contributed by atoms with Crippen LogP contribution in [0.4, 0.5) is 4.79 Å². The first-order valence-electron chi connectivity index (χ1n) is 7.09. The Morgan fingerprint density at radius 2 is 2.17 bits per heavy atom. The second-order valence-corrected chi connectivity index (χ2v) is 6.19. The summed E-state index contributed by atoms with van der Waals surface area (Å²) in [5, 5.41) is 0. The van der Waals surface area contributed by atoms with Crippen LogP contribution in [-0.4, -0.2) is 28.9 Å². The monoisotopic (exact) mass is 251 g/mol. The fraction of sp³-hybridized carbons (Fsp3) is 0.857. The number of nitrogens with two attached hydrogens (primary N) is 1. The van der Waals surface area contributed by atoms with Crippen LogP contribution in [-0.2, 0) is 0 Å². The zero-order valence-electron chi connectivity index (χ0n) is 11.9. The number of carbonyl (C=O) groups excluding carboxylic acids is 1. The number of likely N-dealkylation sites (N-methyl/N-ethyl adjacent to an activating group) is 1. The number of aliphatic imine (C=N–C) groups is 1. The third-order valence-electron chi connectivity index (χ3n) is 4.74. The van der Waals surface area contributed by atoms with Crippen molar-refractivity contribution in [1.29, 1.82) is 0 Å². The molecule has 3 atom stereocenters. The van der Waals surface area contributed by atoms with E-state index in [4.69, 9.17) is 5.73 Å². The van der Waals surface area contributed by atoms with Crippen molar-refractivity contribution < 1.29 is 4.79 Å². The summed E-state index contributed by atoms with van der Waals surface area (Å²) in [5.41, 5.74) is 5.87. The molecule has 0 aromatic heterocycles. The van der Waals surface area contributed by atoms with Crippen molar-refractivity contribution in [2.45, 2.75) is 52.5 Å². The number of hydrogen-bond donors (Lipinski definition) is 1. The van der Waals surface area contributed by atoms with E-state index in [1.807, 2.05) is 11.8 Å². The fourth-order valence-corrected chi connectivity index (χ4v) is 3.96. The van der Waals surface area contributed by atoms with E-state index in [1.165, 1.54) is 6.42 Å². The van der Waals surface area contributed by atoms with Gasteiger partial charge in [-0.2, -0.15) is 4.99 Å². The van der Waals surface area contributed by atoms with Crippen molar-refractivity contribution in [3.05, 3.63) is 0 Å². The van der Waals surface area contributed by atoms with Gasteiger partial charge in [-0.1, -0.05) is 27.2 Å². The van der Waals surface area contributed by atoms with Gasteiger partial charge in [-0.3, -0.25) is 0 Å². The molecule has 2 amide bonds. The van der Waals surface area contributed by atoms with Crippen LogP contribution in [0.2, 0.25) is 0 Å². The normalized spacial score (nSPS) is 36.6. The lowest BCUT2D eigenvalue weighted by molar-refractivity contribution is 0.0524. The molecule has 0 aromatic carbocycles. The van der Waals surface area contributed by atoms with E-state index in [0.717, 1.165) is 12.8 Å². The maximum Gasteiger partial charge on any atom is 0.346 e. The van der Waals surface area contributed by atoms with E-state index >= 15 is 0 Å². The van der Waals surface area contributed by atoms with Crippen LogP contribution in [0.25, 0.3) is 0 Å². The van der Waals surface area contributed by atoms with E-state index in [9.17, 15) is 4.79 Å². The van der Waals surface area contributed by atoms with Crippen LogP contribution in [0, 0.1) is 17.8 Å². The highest BCUT2D eigenvalue weighted by atomic mass is 16.2. The van der Waals surface area contributed by atoms with Gasteiger partial charge in [-0.15, -0.1) is 0 Å². The highest BCUT2D eigenvalue weighted by molar-refractivity contribution is 6.06. The molecule has 1 saturated carbocycles. The maximum atomic E-state index is 12.0. The van der Waals surface area contributed by atoms with E-state index in [1.54, 1.807) is 0 Å². The summed E-state index contributed by atoms with van der Waals surface area (Å²) in [6.45, 7) is 9.42. The number of amides is 2. The minimum absolute atomic E-state index is 0.144. The Bertz CT molecular complexity index is 377. The van der Waals surface area contributed by atoms with Gasteiger partial charge in [0.1, 0.15) is 11.4 Å². The first kappa shape index (κ1) is 13.4. The summed E-state index contributed by atoms with van der Waals surface area (Å²) in [4.78, 5) is 18.0. The Kier molecular flexibility index (Phi) is 3.39. The summed E-state index contributed by atoms with van der Waals surface area (Å²) in [6, 6.07) is -0.144. The fourth-order valence-electron chi connectivity index (χ4n) is 3.96. The van der Waals surface area contributed by atoms with Crippen LogP contribution < -0.4 is 5.73 Å². The lowest BCUT2D eigenvalue weighted by atomic mass is 9.64. The number of urea groups is 1. The van der Waals surface area contributed by atoms with E-state index in [-0.39, 0.29) is 11.6 Å². The molecule has 1 spiro atoms. The van der Waals surface area contributed by atoms with Crippen LogP contribution in [0.5, 0.6) is 0 Å². The Hall–Kier alpha value is -1.06. The number of amidine groups is 1. The lowest BCUT2D eigenvalue weighted by Crippen LogP contribution is -2.62. The maximum absolute atomic E-state index is 12.0. The average Bonchev–Trinajstić information content (AvgIpc) is 2.50. The molecule has 4 heteroatoms. The zero-order valence-corrected chi connectivity index (χ0v) is 11.9. The molecule has 0 radical (unpaired) electrons. The number of rotatable bonds is 2. The highest BCUT2D eigenvalue weighted by Gasteiger charge is 2.55. The van der Waals surface area contributed by atoms with E-state index < -0.39 is 0 Å². The molecule has 1 aliphatic carbocycles. The van der Waals surface area contributed by atoms with Gasteiger partial charge in [0.15, 0.2) is 0 Å². The molecule has 18 heavy (non-hydrogen) atoms. The lowest BCUT2D eigenvalue weighted by Gasteiger charge is -2.50. The quantitative estimate of drug-likeness (QED) is 0.820. The first-order valence-corrected chi connectivity index (χ1v) is 7.09. The van der Waals surface area contributed by atoms with Crippen molar-refractivity contribution >= 4 is 11.9 Å². The Morgan fingerprint density at radius 3 is 2.72 bits per heavy atom. The van der Waals surface area contributed by atoms with E-state index in [0.29, 0.717) is 30.1 Å². The predicted octanol–water partition coefficient (Wildman–Crippen LogP) is 2.63. The molecular weight excluding hydrogens is 226 g/mol. The van der Waals surface area contributed by atoms with Gasteiger partial charge in [-0.25, -0.2) is 4.79 Å². The Labute approximate surface area is 110 Å². The molecule has 1 fully saturated rings. The Morgan fingerprint density at radius 1 is 1.50 bits per heavy atom. The Balaban J connectivity index is 2.45. The molecule has 0 saturated heterocycles. The molecule has 1 heterocycles. The molecule has 0 aromatic rings. The van der Waals surface area contributed by atoms with Crippen LogP contribution in [0.1, 0.15) is 47.0 Å². The molecule has 1 aliphatic heterocycles. The van der Waals surface area contributed by atoms with Crippen LogP contribution >= 0.6 is 0 Å². The molecule has 102 valence electrons. The molecule has 0 bridgehead atoms. The molecular formula is C14H25N3O. The molecule has 2 rings (SSSR count). The van der Waals surface area contributed by atoms with Crippen molar-refractivity contribution in [3.8, 4) is 0 Å². The van der Waals surface area contributed by atoms with Crippen LogP contribution in [0.15, 0.2) is 4.99 Å². The van der Waals surface area contributed by atoms with Crippen LogP contribution in [0.3, 0.4) is 0 Å². The van der Waals surface area contributed by atoms with Gasteiger partial charge >= 0.3 is 6.03 Å². The third kappa shape index (κ3) is 1.73. The van der Waals surface area contributed by atoms with Crippen molar-refractivity contribution in [1.82, 2.24) is 4.90 Å². The molecule has 3 unspecified atom stereocenters. The largest absolute Gasteiger partial charge is 0.385 e. The second-order valence-electron chi connectivity index (χ2n) is 6.19. The summed E-state index contributed by atoms with van der Waals surface area (Å²) in [6.07, 6.45) is 3.33. The minimum Gasteiger partial charge on any atom is -0.385 e. The molecule has 4 nitrogen and oxygen atoms in total. The number of carbonyl (C=O) groups is 1. The second kappa shape index (κ2) is 4.56. The topological polar surface area (TPSA) is 58.7 Å². The van der Waals surface area contributed by atoms with Gasteiger partial charge < -0.3 is 10.6 Å². The van der Waals surface area contributed by atoms with Gasteiger partial charge in [-0.05, 0) is 37.5 Å². The smallest absolute Gasteiger partial charge is 0.346 e. The van der Waals surface area contributed by atoms with Gasteiger partial charge in [0, 0.05) is 6.54 Å². The molecule has 2 N–H and O–H groups in total. The summed E-state index contributed by atoms with van der Waals surface area (Å²) >= 11 is 0. The van der Waals surface area contributed by atoms with Gasteiger partial charge in [0.05, 0.1) is 0 Å². The highest BCUT2D eigenvalue weighted by Crippen LogP contribution is 2.47. The predicted molar refractivity (Wildman–Crippen MR) is 73.5 cm³/mol. The SMILES string of the molecule is CCN1C(=O)N=C(N)C12CC(C)CCC2C(C)C. The van der Waals surface area contributed by atoms with Crippen molar-refractivity contribution in [2.75, 3.05) is 6.54 Å². The number of nitrogens with zero attached hydrogens (tertiary/aromatic N) is 2.